The Balaban J connectivity index is 2.58. The lowest BCUT2D eigenvalue weighted by molar-refractivity contribution is 0.963. The van der Waals surface area contributed by atoms with Gasteiger partial charge < -0.3 is 10.6 Å². The lowest BCUT2D eigenvalue weighted by Crippen LogP contribution is -2.23. The summed E-state index contributed by atoms with van der Waals surface area (Å²) in [6, 6.07) is 12.2. The van der Waals surface area contributed by atoms with Gasteiger partial charge in [-0.05, 0) is 12.1 Å². The van der Waals surface area contributed by atoms with E-state index >= 15 is 0 Å². The highest BCUT2D eigenvalue weighted by Gasteiger charge is 2.08. The molecule has 2 nitrogen and oxygen atoms in total. The Morgan fingerprint density at radius 1 is 0.944 bits per heavy atom. The molecule has 0 amide bonds. The number of nitrogens with zero attached hydrogens (tertiary/aromatic N) is 1. The van der Waals surface area contributed by atoms with E-state index in [4.69, 9.17) is 5.73 Å². The largest absolute Gasteiger partial charge is 0.398 e. The molecule has 0 atom stereocenters. The monoisotopic (exact) mass is 238 g/mol. The fourth-order valence-corrected chi connectivity index (χ4v) is 2.18. The number of nitrogens with two attached hydrogens (primary N) is 1. The zero-order valence-electron chi connectivity index (χ0n) is 10.5. The highest BCUT2D eigenvalue weighted by molar-refractivity contribution is 6.01. The van der Waals surface area contributed by atoms with Crippen molar-refractivity contribution in [2.75, 3.05) is 23.7 Å². The fourth-order valence-electron chi connectivity index (χ4n) is 2.18. The smallest absolute Gasteiger partial charge is 0.0452 e. The van der Waals surface area contributed by atoms with Gasteiger partial charge in [-0.15, -0.1) is 13.2 Å². The third-order valence-corrected chi connectivity index (χ3v) is 2.97. The molecule has 0 aliphatic rings. The molecular weight excluding hydrogens is 220 g/mol. The molecule has 0 bridgehead atoms. The molecule has 18 heavy (non-hydrogen) atoms. The van der Waals surface area contributed by atoms with Crippen LogP contribution in [0.25, 0.3) is 10.8 Å². The fraction of sp³-hybridized carbons (Fsp3) is 0.125. The third kappa shape index (κ3) is 2.23. The van der Waals surface area contributed by atoms with Gasteiger partial charge in [-0.3, -0.25) is 0 Å². The van der Waals surface area contributed by atoms with Gasteiger partial charge in [0.2, 0.25) is 0 Å². The number of nitrogen functional groups attached to an aromatic ring is 1. The van der Waals surface area contributed by atoms with Crippen molar-refractivity contribution in [1.82, 2.24) is 0 Å². The molecule has 2 N–H and O–H groups in total. The second kappa shape index (κ2) is 5.41. The van der Waals surface area contributed by atoms with Crippen molar-refractivity contribution >= 4 is 22.1 Å². The lowest BCUT2D eigenvalue weighted by atomic mass is 10.1. The molecule has 0 radical (unpaired) electrons. The van der Waals surface area contributed by atoms with Gasteiger partial charge >= 0.3 is 0 Å². The van der Waals surface area contributed by atoms with Crippen LogP contribution in [0, 0.1) is 0 Å². The van der Waals surface area contributed by atoms with E-state index in [0.717, 1.165) is 24.2 Å². The summed E-state index contributed by atoms with van der Waals surface area (Å²) >= 11 is 0. The number of hydrogen-bond acceptors (Lipinski definition) is 2. The van der Waals surface area contributed by atoms with Crippen LogP contribution < -0.4 is 10.6 Å². The first-order chi connectivity index (χ1) is 8.77. The second-order valence-electron chi connectivity index (χ2n) is 4.20. The van der Waals surface area contributed by atoms with Gasteiger partial charge in [-0.2, -0.15) is 0 Å². The maximum absolute atomic E-state index is 6.01. The van der Waals surface area contributed by atoms with E-state index in [0.29, 0.717) is 0 Å². The molecule has 92 valence electrons. The van der Waals surface area contributed by atoms with Crippen molar-refractivity contribution in [3.63, 3.8) is 0 Å². The minimum absolute atomic E-state index is 0.792. The van der Waals surface area contributed by atoms with Crippen LogP contribution in [0.4, 0.5) is 11.4 Å². The van der Waals surface area contributed by atoms with Crippen molar-refractivity contribution < 1.29 is 0 Å². The molecular formula is C16H18N2. The van der Waals surface area contributed by atoms with Gasteiger partial charge in [-0.25, -0.2) is 0 Å². The van der Waals surface area contributed by atoms with E-state index in [9.17, 15) is 0 Å². The minimum Gasteiger partial charge on any atom is -0.398 e. The van der Waals surface area contributed by atoms with E-state index in [-0.39, 0.29) is 0 Å². The van der Waals surface area contributed by atoms with Gasteiger partial charge in [0, 0.05) is 35.2 Å². The van der Waals surface area contributed by atoms with Gasteiger partial charge in [-0.1, -0.05) is 36.4 Å². The summed E-state index contributed by atoms with van der Waals surface area (Å²) in [7, 11) is 0. The molecule has 0 aliphatic heterocycles. The normalized spacial score (nSPS) is 10.2. The molecule has 0 saturated carbocycles. The van der Waals surface area contributed by atoms with Crippen molar-refractivity contribution in [3.05, 3.63) is 61.7 Å². The Labute approximate surface area is 108 Å². The lowest BCUT2D eigenvalue weighted by Gasteiger charge is -2.23. The molecule has 0 aliphatic carbocycles. The molecule has 0 fully saturated rings. The van der Waals surface area contributed by atoms with Gasteiger partial charge in [0.15, 0.2) is 0 Å². The first-order valence-corrected chi connectivity index (χ1v) is 6.02. The molecule has 2 aromatic rings. The summed E-state index contributed by atoms with van der Waals surface area (Å²) < 4.78 is 0. The quantitative estimate of drug-likeness (QED) is 0.637. The number of hydrogen-bond donors (Lipinski definition) is 1. The van der Waals surface area contributed by atoms with Gasteiger partial charge in [0.05, 0.1) is 0 Å². The van der Waals surface area contributed by atoms with E-state index in [1.165, 1.54) is 11.1 Å². The average molecular weight is 238 g/mol. The zero-order chi connectivity index (χ0) is 13.0. The van der Waals surface area contributed by atoms with E-state index in [1.807, 2.05) is 36.4 Å². The number of rotatable bonds is 5. The van der Waals surface area contributed by atoms with Crippen LogP contribution in [0.5, 0.6) is 0 Å². The molecule has 2 heteroatoms. The van der Waals surface area contributed by atoms with Crippen LogP contribution in [0.1, 0.15) is 0 Å². The van der Waals surface area contributed by atoms with Crippen molar-refractivity contribution in [3.8, 4) is 0 Å². The highest BCUT2D eigenvalue weighted by Crippen LogP contribution is 2.30. The van der Waals surface area contributed by atoms with Crippen LogP contribution in [0.3, 0.4) is 0 Å². The van der Waals surface area contributed by atoms with Crippen LogP contribution in [-0.2, 0) is 0 Å². The average Bonchev–Trinajstić information content (AvgIpc) is 2.38. The Hall–Kier alpha value is -2.22. The summed E-state index contributed by atoms with van der Waals surface area (Å²) in [6.45, 7) is 9.19. The van der Waals surface area contributed by atoms with Gasteiger partial charge in [0.1, 0.15) is 0 Å². The Kier molecular flexibility index (Phi) is 3.68. The Bertz CT molecular complexity index is 562. The van der Waals surface area contributed by atoms with E-state index in [2.05, 4.69) is 30.2 Å². The van der Waals surface area contributed by atoms with Crippen LogP contribution in [0.2, 0.25) is 0 Å². The third-order valence-electron chi connectivity index (χ3n) is 2.97. The van der Waals surface area contributed by atoms with E-state index < -0.39 is 0 Å². The molecule has 0 saturated heterocycles. The number of fused-ring (bicyclic) bond motifs is 1. The molecule has 0 heterocycles. The minimum atomic E-state index is 0.792. The van der Waals surface area contributed by atoms with Crippen LogP contribution in [0.15, 0.2) is 61.7 Å². The van der Waals surface area contributed by atoms with Crippen LogP contribution >= 0.6 is 0 Å². The van der Waals surface area contributed by atoms with Crippen LogP contribution in [-0.4, -0.2) is 13.1 Å². The Morgan fingerprint density at radius 3 is 2.22 bits per heavy atom. The molecule has 0 aromatic heterocycles. The first-order valence-electron chi connectivity index (χ1n) is 6.02. The molecule has 0 unspecified atom stereocenters. The van der Waals surface area contributed by atoms with Crippen molar-refractivity contribution in [2.24, 2.45) is 0 Å². The summed E-state index contributed by atoms with van der Waals surface area (Å²) in [4.78, 5) is 2.22. The Morgan fingerprint density at radius 2 is 1.56 bits per heavy atom. The van der Waals surface area contributed by atoms with E-state index in [1.54, 1.807) is 0 Å². The zero-order valence-corrected chi connectivity index (χ0v) is 10.5. The summed E-state index contributed by atoms with van der Waals surface area (Å²) in [5.74, 6) is 0. The predicted octanol–water partition coefficient (Wildman–Crippen LogP) is 3.60. The maximum atomic E-state index is 6.01. The molecule has 2 aromatic carbocycles. The van der Waals surface area contributed by atoms with Crippen molar-refractivity contribution in [1.29, 1.82) is 0 Å². The summed E-state index contributed by atoms with van der Waals surface area (Å²) in [5.41, 5.74) is 7.99. The summed E-state index contributed by atoms with van der Waals surface area (Å²) in [5, 5.41) is 2.26. The molecule has 0 spiro atoms. The standard InChI is InChI=1S/C16H18N2/c1-3-11-18(12-4-2)16-10-6-7-13-14(16)8-5-9-15(13)17/h3-10H,1-2,11-12,17H2. The predicted molar refractivity (Wildman–Crippen MR) is 81.0 cm³/mol. The van der Waals surface area contributed by atoms with Crippen molar-refractivity contribution in [2.45, 2.75) is 0 Å². The SMILES string of the molecule is C=CCN(CC=C)c1cccc2c(N)cccc12. The topological polar surface area (TPSA) is 29.3 Å². The van der Waals surface area contributed by atoms with Gasteiger partial charge in [0.25, 0.3) is 0 Å². The highest BCUT2D eigenvalue weighted by atomic mass is 15.1. The summed E-state index contributed by atoms with van der Waals surface area (Å²) in [6.07, 6.45) is 3.79. The maximum Gasteiger partial charge on any atom is 0.0452 e. The molecule has 2 rings (SSSR count). The first kappa shape index (κ1) is 12.2. The number of benzene rings is 2. The number of anilines is 2. The second-order valence-corrected chi connectivity index (χ2v) is 4.20.